The Morgan fingerprint density at radius 1 is 1.25 bits per heavy atom. The van der Waals surface area contributed by atoms with Crippen molar-refractivity contribution in [1.82, 2.24) is 4.98 Å². The Balaban J connectivity index is 2.56. The Kier molecular flexibility index (Phi) is 7.34. The van der Waals surface area contributed by atoms with Gasteiger partial charge in [-0.1, -0.05) is 12.8 Å². The van der Waals surface area contributed by atoms with Gasteiger partial charge in [0.25, 0.3) is 0 Å². The van der Waals surface area contributed by atoms with Crippen molar-refractivity contribution in [2.75, 3.05) is 30.3 Å². The van der Waals surface area contributed by atoms with E-state index < -0.39 is 4.92 Å². The molecule has 1 aromatic rings. The van der Waals surface area contributed by atoms with Crippen LogP contribution >= 0.6 is 0 Å². The van der Waals surface area contributed by atoms with E-state index in [0.717, 1.165) is 25.7 Å². The number of nitrogens with one attached hydrogen (secondary N) is 2. The van der Waals surface area contributed by atoms with E-state index in [4.69, 9.17) is 5.11 Å². The summed E-state index contributed by atoms with van der Waals surface area (Å²) in [6, 6.07) is 3.06. The molecule has 0 aliphatic carbocycles. The lowest BCUT2D eigenvalue weighted by Crippen LogP contribution is -2.08. The SMILES string of the molecule is CCNc1ccc([N+](=O)[O-])c(NCCCCCCO)n1. The molecule has 0 aliphatic rings. The van der Waals surface area contributed by atoms with Gasteiger partial charge in [0.05, 0.1) is 4.92 Å². The standard InChI is InChI=1S/C13H22N4O3/c1-2-14-12-8-7-11(17(19)20)13(16-12)15-9-5-3-4-6-10-18/h7-8,18H,2-6,9-10H2,1H3,(H2,14,15,16). The molecule has 0 saturated carbocycles. The largest absolute Gasteiger partial charge is 0.396 e. The number of anilines is 2. The highest BCUT2D eigenvalue weighted by Crippen LogP contribution is 2.23. The van der Waals surface area contributed by atoms with Gasteiger partial charge in [0.15, 0.2) is 0 Å². The Bertz CT molecular complexity index is 426. The second-order valence-electron chi connectivity index (χ2n) is 4.42. The van der Waals surface area contributed by atoms with E-state index in [1.165, 1.54) is 6.07 Å². The van der Waals surface area contributed by atoms with Crippen LogP contribution in [0.4, 0.5) is 17.3 Å². The second-order valence-corrected chi connectivity index (χ2v) is 4.42. The number of aliphatic hydroxyl groups excluding tert-OH is 1. The van der Waals surface area contributed by atoms with Gasteiger partial charge in [0, 0.05) is 25.8 Å². The van der Waals surface area contributed by atoms with E-state index >= 15 is 0 Å². The van der Waals surface area contributed by atoms with Gasteiger partial charge in [0.1, 0.15) is 5.82 Å². The first kappa shape index (κ1) is 16.2. The van der Waals surface area contributed by atoms with Gasteiger partial charge < -0.3 is 15.7 Å². The van der Waals surface area contributed by atoms with Crippen molar-refractivity contribution in [2.45, 2.75) is 32.6 Å². The Labute approximate surface area is 118 Å². The van der Waals surface area contributed by atoms with E-state index in [-0.39, 0.29) is 12.3 Å². The zero-order valence-corrected chi connectivity index (χ0v) is 11.8. The van der Waals surface area contributed by atoms with Crippen LogP contribution in [-0.4, -0.2) is 34.7 Å². The number of aliphatic hydroxyl groups is 1. The quantitative estimate of drug-likeness (QED) is 0.346. The number of nitrogens with zero attached hydrogens (tertiary/aromatic N) is 2. The molecule has 20 heavy (non-hydrogen) atoms. The van der Waals surface area contributed by atoms with E-state index in [1.807, 2.05) is 6.92 Å². The minimum absolute atomic E-state index is 0.0120. The number of unbranched alkanes of at least 4 members (excludes halogenated alkanes) is 3. The summed E-state index contributed by atoms with van der Waals surface area (Å²) in [6.07, 6.45) is 3.64. The minimum Gasteiger partial charge on any atom is -0.396 e. The van der Waals surface area contributed by atoms with Crippen LogP contribution < -0.4 is 10.6 Å². The highest BCUT2D eigenvalue weighted by atomic mass is 16.6. The number of hydrogen-bond acceptors (Lipinski definition) is 6. The van der Waals surface area contributed by atoms with Crippen LogP contribution in [0, 0.1) is 10.1 Å². The summed E-state index contributed by atoms with van der Waals surface area (Å²) in [5.41, 5.74) is -0.0120. The highest BCUT2D eigenvalue weighted by Gasteiger charge is 2.15. The molecule has 7 nitrogen and oxygen atoms in total. The van der Waals surface area contributed by atoms with Crippen molar-refractivity contribution in [3.8, 4) is 0 Å². The molecule has 3 N–H and O–H groups in total. The third kappa shape index (κ3) is 5.40. The maximum atomic E-state index is 10.9. The molecule has 0 aliphatic heterocycles. The fourth-order valence-corrected chi connectivity index (χ4v) is 1.81. The third-order valence-electron chi connectivity index (χ3n) is 2.81. The fraction of sp³-hybridized carbons (Fsp3) is 0.615. The topological polar surface area (TPSA) is 100 Å². The summed E-state index contributed by atoms with van der Waals surface area (Å²) >= 11 is 0. The van der Waals surface area contributed by atoms with Crippen molar-refractivity contribution in [3.63, 3.8) is 0 Å². The van der Waals surface area contributed by atoms with Crippen molar-refractivity contribution in [2.24, 2.45) is 0 Å². The van der Waals surface area contributed by atoms with Gasteiger partial charge in [0.2, 0.25) is 5.82 Å². The molecule has 0 atom stereocenters. The van der Waals surface area contributed by atoms with Gasteiger partial charge in [-0.15, -0.1) is 0 Å². The van der Waals surface area contributed by atoms with Crippen LogP contribution in [0.25, 0.3) is 0 Å². The lowest BCUT2D eigenvalue weighted by atomic mass is 10.2. The number of nitro groups is 1. The molecule has 112 valence electrons. The monoisotopic (exact) mass is 282 g/mol. The molecule has 0 radical (unpaired) electrons. The number of rotatable bonds is 10. The summed E-state index contributed by atoms with van der Waals surface area (Å²) in [6.45, 7) is 3.50. The predicted molar refractivity (Wildman–Crippen MR) is 79.1 cm³/mol. The van der Waals surface area contributed by atoms with Crippen LogP contribution in [0.1, 0.15) is 32.6 Å². The minimum atomic E-state index is -0.434. The average Bonchev–Trinajstić information content (AvgIpc) is 2.43. The van der Waals surface area contributed by atoms with Crippen molar-refractivity contribution >= 4 is 17.3 Å². The zero-order chi connectivity index (χ0) is 14.8. The third-order valence-corrected chi connectivity index (χ3v) is 2.81. The second kappa shape index (κ2) is 9.08. The lowest BCUT2D eigenvalue weighted by molar-refractivity contribution is -0.384. The molecule has 7 heteroatoms. The van der Waals surface area contributed by atoms with E-state index in [0.29, 0.717) is 24.7 Å². The maximum absolute atomic E-state index is 10.9. The van der Waals surface area contributed by atoms with Crippen molar-refractivity contribution < 1.29 is 10.0 Å². The number of hydrogen-bond donors (Lipinski definition) is 3. The maximum Gasteiger partial charge on any atom is 0.311 e. The molecule has 1 aromatic heterocycles. The summed E-state index contributed by atoms with van der Waals surface area (Å²) in [7, 11) is 0. The molecule has 1 rings (SSSR count). The Hall–Kier alpha value is -1.89. The fourth-order valence-electron chi connectivity index (χ4n) is 1.81. The van der Waals surface area contributed by atoms with E-state index in [2.05, 4.69) is 15.6 Å². The van der Waals surface area contributed by atoms with Crippen molar-refractivity contribution in [3.05, 3.63) is 22.2 Å². The summed E-state index contributed by atoms with van der Waals surface area (Å²) in [5, 5.41) is 25.7. The van der Waals surface area contributed by atoms with Crippen molar-refractivity contribution in [1.29, 1.82) is 0 Å². The van der Waals surface area contributed by atoms with Crippen LogP contribution in [0.5, 0.6) is 0 Å². The van der Waals surface area contributed by atoms with Crippen LogP contribution in [0.15, 0.2) is 12.1 Å². The molecule has 0 fully saturated rings. The predicted octanol–water partition coefficient (Wildman–Crippen LogP) is 2.39. The van der Waals surface area contributed by atoms with Gasteiger partial charge in [-0.05, 0) is 25.8 Å². The normalized spacial score (nSPS) is 10.3. The van der Waals surface area contributed by atoms with Gasteiger partial charge in [-0.2, -0.15) is 0 Å². The Morgan fingerprint density at radius 2 is 2.00 bits per heavy atom. The first-order valence-corrected chi connectivity index (χ1v) is 6.93. The van der Waals surface area contributed by atoms with Gasteiger partial charge in [-0.25, -0.2) is 4.98 Å². The molecule has 1 heterocycles. The summed E-state index contributed by atoms with van der Waals surface area (Å²) in [4.78, 5) is 14.7. The van der Waals surface area contributed by atoms with Crippen LogP contribution in [0.3, 0.4) is 0 Å². The smallest absolute Gasteiger partial charge is 0.311 e. The molecule has 0 amide bonds. The van der Waals surface area contributed by atoms with Crippen LogP contribution in [-0.2, 0) is 0 Å². The van der Waals surface area contributed by atoms with Gasteiger partial charge in [-0.3, -0.25) is 10.1 Å². The Morgan fingerprint density at radius 3 is 2.65 bits per heavy atom. The summed E-state index contributed by atoms with van der Waals surface area (Å²) < 4.78 is 0. The summed E-state index contributed by atoms with van der Waals surface area (Å²) in [5.74, 6) is 0.927. The molecule has 0 spiro atoms. The van der Waals surface area contributed by atoms with Gasteiger partial charge >= 0.3 is 5.69 Å². The molecule has 0 aromatic carbocycles. The average molecular weight is 282 g/mol. The number of aromatic nitrogens is 1. The molecule has 0 bridgehead atoms. The van der Waals surface area contributed by atoms with E-state index in [1.54, 1.807) is 6.07 Å². The first-order chi connectivity index (χ1) is 9.69. The first-order valence-electron chi connectivity index (χ1n) is 6.93. The molecule has 0 unspecified atom stereocenters. The highest BCUT2D eigenvalue weighted by molar-refractivity contribution is 5.60. The van der Waals surface area contributed by atoms with Crippen LogP contribution in [0.2, 0.25) is 0 Å². The lowest BCUT2D eigenvalue weighted by Gasteiger charge is -2.08. The molecular weight excluding hydrogens is 260 g/mol. The zero-order valence-electron chi connectivity index (χ0n) is 11.8. The molecule has 0 saturated heterocycles. The number of pyridine rings is 1. The molecular formula is C13H22N4O3. The van der Waals surface area contributed by atoms with E-state index in [9.17, 15) is 10.1 Å².